The number of ether oxygens (including phenoxy) is 2. The second kappa shape index (κ2) is 10.0. The third-order valence-electron chi connectivity index (χ3n) is 5.44. The minimum Gasteiger partial charge on any atom is -0.496 e. The number of methoxy groups -OCH3 is 1. The van der Waals surface area contributed by atoms with E-state index in [0.29, 0.717) is 26.4 Å². The topological polar surface area (TPSA) is 69.9 Å². The summed E-state index contributed by atoms with van der Waals surface area (Å²) in [7, 11) is 1.60. The fraction of sp³-hybridized carbons (Fsp3) is 0.269. The highest BCUT2D eigenvalue weighted by Gasteiger charge is 2.33. The van der Waals surface area contributed by atoms with Gasteiger partial charge in [-0.1, -0.05) is 41.7 Å². The van der Waals surface area contributed by atoms with E-state index in [1.165, 1.54) is 11.3 Å². The average Bonchev–Trinajstić information content (AvgIpc) is 3.12. The standard InChI is InChI=1S/C26H26N2O4S2/c1-15(2)32-25(30)22-16(3)27-26-28(23(22)17-10-12-19(33-5)13-11-17)24(29)21(34-26)14-18-8-6-7-9-20(18)31-4/h6-15,23H,1-5H3/b21-14+/t23-/m0/s1. The number of benzene rings is 2. The number of nitrogens with zero attached hydrogens (tertiary/aromatic N) is 2. The maximum absolute atomic E-state index is 13.7. The van der Waals surface area contributed by atoms with Gasteiger partial charge >= 0.3 is 5.97 Å². The Bertz CT molecular complexity index is 1430. The second-order valence-electron chi connectivity index (χ2n) is 8.05. The minimum absolute atomic E-state index is 0.212. The zero-order valence-electron chi connectivity index (χ0n) is 19.7. The molecular weight excluding hydrogens is 468 g/mol. The van der Waals surface area contributed by atoms with E-state index >= 15 is 0 Å². The smallest absolute Gasteiger partial charge is 0.338 e. The quantitative estimate of drug-likeness (QED) is 0.384. The Morgan fingerprint density at radius 1 is 1.18 bits per heavy atom. The summed E-state index contributed by atoms with van der Waals surface area (Å²) in [6.07, 6.45) is 3.52. The van der Waals surface area contributed by atoms with Gasteiger partial charge in [-0.15, -0.1) is 11.8 Å². The lowest BCUT2D eigenvalue weighted by Crippen LogP contribution is -2.40. The first kappa shape index (κ1) is 24.0. The monoisotopic (exact) mass is 494 g/mol. The van der Waals surface area contributed by atoms with Gasteiger partial charge in [-0.05, 0) is 56.9 Å². The molecule has 1 atom stereocenters. The molecule has 0 saturated carbocycles. The van der Waals surface area contributed by atoms with E-state index in [1.54, 1.807) is 44.2 Å². The largest absolute Gasteiger partial charge is 0.496 e. The fourth-order valence-corrected chi connectivity index (χ4v) is 5.33. The van der Waals surface area contributed by atoms with Crippen LogP contribution in [0.25, 0.3) is 6.08 Å². The highest BCUT2D eigenvalue weighted by Crippen LogP contribution is 2.32. The lowest BCUT2D eigenvalue weighted by atomic mass is 9.96. The predicted octanol–water partition coefficient (Wildman–Crippen LogP) is 3.92. The number of fused-ring (bicyclic) bond motifs is 1. The maximum Gasteiger partial charge on any atom is 0.338 e. The van der Waals surface area contributed by atoms with Crippen LogP contribution in [0.2, 0.25) is 0 Å². The van der Waals surface area contributed by atoms with E-state index in [0.717, 1.165) is 16.0 Å². The van der Waals surface area contributed by atoms with E-state index < -0.39 is 12.0 Å². The van der Waals surface area contributed by atoms with Crippen LogP contribution in [0.15, 0.2) is 74.5 Å². The van der Waals surface area contributed by atoms with Crippen LogP contribution in [-0.4, -0.2) is 30.0 Å². The Morgan fingerprint density at radius 3 is 2.53 bits per heavy atom. The van der Waals surface area contributed by atoms with Crippen LogP contribution >= 0.6 is 23.1 Å². The van der Waals surface area contributed by atoms with Crippen LogP contribution in [0.4, 0.5) is 0 Å². The summed E-state index contributed by atoms with van der Waals surface area (Å²) in [4.78, 5) is 33.1. The summed E-state index contributed by atoms with van der Waals surface area (Å²) < 4.78 is 13.1. The summed E-state index contributed by atoms with van der Waals surface area (Å²) >= 11 is 2.93. The first-order chi connectivity index (χ1) is 16.3. The van der Waals surface area contributed by atoms with Crippen molar-refractivity contribution in [1.82, 2.24) is 4.57 Å². The summed E-state index contributed by atoms with van der Waals surface area (Å²) in [5.41, 5.74) is 2.34. The molecule has 0 aliphatic carbocycles. The van der Waals surface area contributed by atoms with Crippen molar-refractivity contribution < 1.29 is 14.3 Å². The summed E-state index contributed by atoms with van der Waals surface area (Å²) in [6, 6.07) is 14.8. The molecule has 0 bridgehead atoms. The van der Waals surface area contributed by atoms with E-state index in [2.05, 4.69) is 4.99 Å². The number of rotatable bonds is 6. The molecule has 1 aromatic heterocycles. The molecular formula is C26H26N2O4S2. The van der Waals surface area contributed by atoms with Gasteiger partial charge in [0.2, 0.25) is 0 Å². The third-order valence-corrected chi connectivity index (χ3v) is 7.17. The molecule has 0 amide bonds. The van der Waals surface area contributed by atoms with Crippen LogP contribution in [0, 0.1) is 0 Å². The van der Waals surface area contributed by atoms with Crippen molar-refractivity contribution in [1.29, 1.82) is 0 Å². The number of para-hydroxylation sites is 1. The van der Waals surface area contributed by atoms with Crippen molar-refractivity contribution in [3.63, 3.8) is 0 Å². The van der Waals surface area contributed by atoms with Gasteiger partial charge in [0, 0.05) is 10.5 Å². The lowest BCUT2D eigenvalue weighted by Gasteiger charge is -2.25. The number of allylic oxidation sites excluding steroid dienone is 1. The molecule has 8 heteroatoms. The van der Waals surface area contributed by atoms with Crippen LogP contribution in [0.3, 0.4) is 0 Å². The lowest BCUT2D eigenvalue weighted by molar-refractivity contribution is -0.143. The fourth-order valence-electron chi connectivity index (χ4n) is 3.89. The zero-order valence-corrected chi connectivity index (χ0v) is 21.3. The van der Waals surface area contributed by atoms with Crippen LogP contribution in [0.5, 0.6) is 5.75 Å². The van der Waals surface area contributed by atoms with Gasteiger partial charge in [-0.25, -0.2) is 9.79 Å². The van der Waals surface area contributed by atoms with Crippen molar-refractivity contribution in [2.45, 2.75) is 37.8 Å². The molecule has 176 valence electrons. The van der Waals surface area contributed by atoms with Crippen LogP contribution < -0.4 is 19.6 Å². The molecule has 1 aliphatic heterocycles. The second-order valence-corrected chi connectivity index (χ2v) is 9.94. The van der Waals surface area contributed by atoms with Gasteiger partial charge in [0.1, 0.15) is 5.75 Å². The molecule has 4 rings (SSSR count). The molecule has 2 heterocycles. The van der Waals surface area contributed by atoms with Crippen molar-refractivity contribution in [2.24, 2.45) is 4.99 Å². The SMILES string of the molecule is COc1ccccc1/C=c1/sc2n(c1=O)[C@@H](c1ccc(SC)cc1)C(C(=O)OC(C)C)=C(C)N=2. The van der Waals surface area contributed by atoms with Crippen molar-refractivity contribution in [3.8, 4) is 5.75 Å². The molecule has 0 fully saturated rings. The van der Waals surface area contributed by atoms with Crippen LogP contribution in [-0.2, 0) is 9.53 Å². The number of thioether (sulfide) groups is 1. The maximum atomic E-state index is 13.7. The van der Waals surface area contributed by atoms with Crippen molar-refractivity contribution in [3.05, 3.63) is 90.6 Å². The number of carbonyl (C=O) groups is 1. The number of esters is 1. The Kier molecular flexibility index (Phi) is 7.09. The Labute approximate surface area is 206 Å². The predicted molar refractivity (Wildman–Crippen MR) is 136 cm³/mol. The first-order valence-corrected chi connectivity index (χ1v) is 12.9. The van der Waals surface area contributed by atoms with Gasteiger partial charge in [0.05, 0.1) is 35.1 Å². The number of hydrogen-bond acceptors (Lipinski definition) is 7. The van der Waals surface area contributed by atoms with Crippen molar-refractivity contribution >= 4 is 35.1 Å². The van der Waals surface area contributed by atoms with Gasteiger partial charge in [0.15, 0.2) is 4.80 Å². The number of thiazole rings is 1. The normalized spacial score (nSPS) is 15.8. The van der Waals surface area contributed by atoms with E-state index in [4.69, 9.17) is 9.47 Å². The summed E-state index contributed by atoms with van der Waals surface area (Å²) in [5.74, 6) is 0.212. The zero-order chi connectivity index (χ0) is 24.4. The van der Waals surface area contributed by atoms with Gasteiger partial charge in [-0.2, -0.15) is 0 Å². The van der Waals surface area contributed by atoms with Gasteiger partial charge < -0.3 is 9.47 Å². The van der Waals surface area contributed by atoms with E-state index in [-0.39, 0.29) is 11.7 Å². The highest BCUT2D eigenvalue weighted by atomic mass is 32.2. The number of aromatic nitrogens is 1. The average molecular weight is 495 g/mol. The summed E-state index contributed by atoms with van der Waals surface area (Å²) in [6.45, 7) is 5.40. The molecule has 1 aliphatic rings. The summed E-state index contributed by atoms with van der Waals surface area (Å²) in [5, 5.41) is 0. The Balaban J connectivity index is 1.95. The molecule has 3 aromatic rings. The number of hydrogen-bond donors (Lipinski definition) is 0. The Morgan fingerprint density at radius 2 is 1.88 bits per heavy atom. The van der Waals surface area contributed by atoms with Gasteiger partial charge in [-0.3, -0.25) is 9.36 Å². The molecule has 0 saturated heterocycles. The molecule has 34 heavy (non-hydrogen) atoms. The molecule has 0 unspecified atom stereocenters. The van der Waals surface area contributed by atoms with E-state index in [1.807, 2.05) is 60.9 Å². The van der Waals surface area contributed by atoms with Crippen molar-refractivity contribution in [2.75, 3.05) is 13.4 Å². The molecule has 0 radical (unpaired) electrons. The molecule has 2 aromatic carbocycles. The molecule has 0 N–H and O–H groups in total. The van der Waals surface area contributed by atoms with E-state index in [9.17, 15) is 9.59 Å². The molecule has 6 nitrogen and oxygen atoms in total. The van der Waals surface area contributed by atoms with Crippen LogP contribution in [0.1, 0.15) is 37.9 Å². The first-order valence-electron chi connectivity index (χ1n) is 10.8. The Hall–Kier alpha value is -3.10. The number of carbonyl (C=O) groups excluding carboxylic acids is 1. The highest BCUT2D eigenvalue weighted by molar-refractivity contribution is 7.98. The third kappa shape index (κ3) is 4.60. The molecule has 0 spiro atoms. The minimum atomic E-state index is -0.627. The van der Waals surface area contributed by atoms with Gasteiger partial charge in [0.25, 0.3) is 5.56 Å².